The van der Waals surface area contributed by atoms with Crippen LogP contribution in [0.2, 0.25) is 5.02 Å². The molecule has 10 heteroatoms. The molecule has 2 amide bonds. The minimum atomic E-state index is -0.591. The highest BCUT2D eigenvalue weighted by molar-refractivity contribution is 7.99. The molecule has 0 aliphatic rings. The van der Waals surface area contributed by atoms with Crippen LogP contribution in [0.3, 0.4) is 0 Å². The minimum Gasteiger partial charge on any atom is -0.342 e. The second-order valence-corrected chi connectivity index (χ2v) is 8.44. The molecule has 1 heterocycles. The highest BCUT2D eigenvalue weighted by atomic mass is 35.5. The number of nitrogens with zero attached hydrogens (tertiary/aromatic N) is 3. The van der Waals surface area contributed by atoms with Crippen LogP contribution >= 0.6 is 23.4 Å². The van der Waals surface area contributed by atoms with Crippen LogP contribution in [0, 0.1) is 12.7 Å². The third-order valence-corrected chi connectivity index (χ3v) is 5.92. The molecule has 0 fully saturated rings. The largest absolute Gasteiger partial charge is 0.342 e. The molecular formula is C22H23ClFN5O2S. The summed E-state index contributed by atoms with van der Waals surface area (Å²) in [4.78, 5) is 24.8. The third kappa shape index (κ3) is 5.66. The maximum Gasteiger partial charge on any atom is 0.254 e. The van der Waals surface area contributed by atoms with Crippen molar-refractivity contribution >= 4 is 40.9 Å². The zero-order valence-electron chi connectivity index (χ0n) is 17.9. The van der Waals surface area contributed by atoms with Gasteiger partial charge in [0.25, 0.3) is 5.91 Å². The van der Waals surface area contributed by atoms with Gasteiger partial charge >= 0.3 is 0 Å². The van der Waals surface area contributed by atoms with Gasteiger partial charge < -0.3 is 15.2 Å². The van der Waals surface area contributed by atoms with Crippen molar-refractivity contribution in [2.45, 2.75) is 38.5 Å². The van der Waals surface area contributed by atoms with Crippen molar-refractivity contribution in [2.24, 2.45) is 0 Å². The molecule has 0 bridgehead atoms. The van der Waals surface area contributed by atoms with E-state index in [0.29, 0.717) is 28.2 Å². The van der Waals surface area contributed by atoms with E-state index >= 15 is 0 Å². The van der Waals surface area contributed by atoms with Crippen LogP contribution in [0.4, 0.5) is 10.1 Å². The first-order chi connectivity index (χ1) is 15.3. The van der Waals surface area contributed by atoms with E-state index in [1.807, 2.05) is 24.5 Å². The summed E-state index contributed by atoms with van der Waals surface area (Å²) in [5, 5.41) is 15.0. The van der Waals surface area contributed by atoms with Crippen molar-refractivity contribution in [1.29, 1.82) is 0 Å². The summed E-state index contributed by atoms with van der Waals surface area (Å²) < 4.78 is 15.7. The molecule has 2 aromatic carbocycles. The van der Waals surface area contributed by atoms with Gasteiger partial charge in [0.1, 0.15) is 5.82 Å². The number of aryl methyl sites for hydroxylation is 1. The van der Waals surface area contributed by atoms with Crippen molar-refractivity contribution in [3.8, 4) is 0 Å². The van der Waals surface area contributed by atoms with Crippen LogP contribution in [0.1, 0.15) is 41.6 Å². The summed E-state index contributed by atoms with van der Waals surface area (Å²) in [5.41, 5.74) is 1.53. The Morgan fingerprint density at radius 1 is 1.22 bits per heavy atom. The average Bonchev–Trinajstić information content (AvgIpc) is 3.18. The number of hydrogen-bond acceptors (Lipinski definition) is 5. The molecule has 1 aromatic heterocycles. The quantitative estimate of drug-likeness (QED) is 0.464. The van der Waals surface area contributed by atoms with Crippen molar-refractivity contribution in [2.75, 3.05) is 11.1 Å². The van der Waals surface area contributed by atoms with E-state index in [1.165, 1.54) is 30.0 Å². The second kappa shape index (κ2) is 10.6. The number of rotatable bonds is 8. The Hall–Kier alpha value is -2.91. The lowest BCUT2D eigenvalue weighted by atomic mass is 10.2. The Balaban J connectivity index is 1.65. The number of carbonyl (C=O) groups is 2. The molecule has 0 aliphatic heterocycles. The first-order valence-electron chi connectivity index (χ1n) is 9.97. The van der Waals surface area contributed by atoms with Crippen LogP contribution in [0.25, 0.3) is 0 Å². The molecule has 0 saturated carbocycles. The van der Waals surface area contributed by atoms with Crippen molar-refractivity contribution < 1.29 is 14.0 Å². The molecule has 0 radical (unpaired) electrons. The summed E-state index contributed by atoms with van der Waals surface area (Å²) in [6.07, 6.45) is 0. The van der Waals surface area contributed by atoms with E-state index < -0.39 is 17.8 Å². The Labute approximate surface area is 194 Å². The van der Waals surface area contributed by atoms with Crippen LogP contribution < -0.4 is 10.6 Å². The lowest BCUT2D eigenvalue weighted by Crippen LogP contribution is -2.29. The molecular weight excluding hydrogens is 453 g/mol. The molecule has 3 rings (SSSR count). The fraction of sp³-hybridized carbons (Fsp3) is 0.273. The van der Waals surface area contributed by atoms with E-state index in [1.54, 1.807) is 25.1 Å². The van der Waals surface area contributed by atoms with Gasteiger partial charge in [0.2, 0.25) is 5.91 Å². The number of benzene rings is 2. The van der Waals surface area contributed by atoms with Gasteiger partial charge in [-0.05, 0) is 50.6 Å². The second-order valence-electron chi connectivity index (χ2n) is 7.06. The molecule has 1 atom stereocenters. The Morgan fingerprint density at radius 3 is 2.69 bits per heavy atom. The Kier molecular flexibility index (Phi) is 7.87. The number of nitrogens with one attached hydrogen (secondary N) is 2. The van der Waals surface area contributed by atoms with E-state index in [9.17, 15) is 14.0 Å². The third-order valence-electron chi connectivity index (χ3n) is 4.72. The minimum absolute atomic E-state index is 0.0375. The van der Waals surface area contributed by atoms with Gasteiger partial charge in [-0.25, -0.2) is 4.39 Å². The summed E-state index contributed by atoms with van der Waals surface area (Å²) in [7, 11) is 0. The molecule has 32 heavy (non-hydrogen) atoms. The molecule has 7 nitrogen and oxygen atoms in total. The predicted octanol–water partition coefficient (Wildman–Crippen LogP) is 4.62. The summed E-state index contributed by atoms with van der Waals surface area (Å²) in [6.45, 7) is 6.09. The zero-order valence-corrected chi connectivity index (χ0v) is 19.4. The number of hydrogen-bond donors (Lipinski definition) is 2. The van der Waals surface area contributed by atoms with Crippen LogP contribution in [-0.2, 0) is 11.3 Å². The van der Waals surface area contributed by atoms with E-state index in [-0.39, 0.29) is 17.2 Å². The highest BCUT2D eigenvalue weighted by Crippen LogP contribution is 2.23. The van der Waals surface area contributed by atoms with Gasteiger partial charge in [-0.15, -0.1) is 10.2 Å². The van der Waals surface area contributed by atoms with E-state index in [4.69, 9.17) is 11.6 Å². The van der Waals surface area contributed by atoms with Crippen molar-refractivity contribution in [3.05, 3.63) is 70.3 Å². The molecule has 3 aromatic rings. The van der Waals surface area contributed by atoms with E-state index in [2.05, 4.69) is 20.8 Å². The van der Waals surface area contributed by atoms with Crippen LogP contribution in [0.5, 0.6) is 0 Å². The molecule has 0 saturated heterocycles. The van der Waals surface area contributed by atoms with Gasteiger partial charge in [0.05, 0.1) is 17.4 Å². The summed E-state index contributed by atoms with van der Waals surface area (Å²) in [5.74, 6) is -0.683. The maximum absolute atomic E-state index is 13.9. The number of anilines is 1. The maximum atomic E-state index is 13.9. The Bertz CT molecular complexity index is 1140. The number of amides is 2. The van der Waals surface area contributed by atoms with E-state index in [0.717, 1.165) is 5.56 Å². The molecule has 0 aliphatic carbocycles. The standard InChI is InChI=1S/C22H23ClFN5O2S/c1-4-29-20(14(3)25-21(31)16-7-5-6-8-17(16)24)27-28-22(29)32-12-19(30)26-18-11-15(23)10-9-13(18)2/h5-11,14H,4,12H2,1-3H3,(H,25,31)(H,26,30)/t14-/m1/s1. The van der Waals surface area contributed by atoms with Gasteiger partial charge in [-0.1, -0.05) is 41.6 Å². The number of thioether (sulfide) groups is 1. The monoisotopic (exact) mass is 475 g/mol. The zero-order chi connectivity index (χ0) is 23.3. The van der Waals surface area contributed by atoms with Gasteiger partial charge in [0, 0.05) is 17.3 Å². The van der Waals surface area contributed by atoms with Crippen LogP contribution in [-0.4, -0.2) is 32.3 Å². The summed E-state index contributed by atoms with van der Waals surface area (Å²) >= 11 is 7.24. The fourth-order valence-corrected chi connectivity index (χ4v) is 4.04. The topological polar surface area (TPSA) is 88.9 Å². The molecule has 168 valence electrons. The molecule has 0 spiro atoms. The lowest BCUT2D eigenvalue weighted by Gasteiger charge is -2.15. The average molecular weight is 476 g/mol. The van der Waals surface area contributed by atoms with Gasteiger partial charge in [0.15, 0.2) is 11.0 Å². The smallest absolute Gasteiger partial charge is 0.254 e. The number of aromatic nitrogens is 3. The van der Waals surface area contributed by atoms with Crippen molar-refractivity contribution in [3.63, 3.8) is 0 Å². The van der Waals surface area contributed by atoms with Crippen LogP contribution in [0.15, 0.2) is 47.6 Å². The van der Waals surface area contributed by atoms with Gasteiger partial charge in [-0.2, -0.15) is 0 Å². The normalized spacial score (nSPS) is 11.8. The SMILES string of the molecule is CCn1c(SCC(=O)Nc2cc(Cl)ccc2C)nnc1[C@@H](C)NC(=O)c1ccccc1F. The highest BCUT2D eigenvalue weighted by Gasteiger charge is 2.21. The predicted molar refractivity (Wildman–Crippen MR) is 124 cm³/mol. The lowest BCUT2D eigenvalue weighted by molar-refractivity contribution is -0.113. The first kappa shape index (κ1) is 23.7. The molecule has 0 unspecified atom stereocenters. The first-order valence-corrected chi connectivity index (χ1v) is 11.3. The number of halogens is 2. The van der Waals surface area contributed by atoms with Gasteiger partial charge in [-0.3, -0.25) is 9.59 Å². The van der Waals surface area contributed by atoms with Crippen molar-refractivity contribution in [1.82, 2.24) is 20.1 Å². The summed E-state index contributed by atoms with van der Waals surface area (Å²) in [6, 6.07) is 10.6. The number of carbonyl (C=O) groups excluding carboxylic acids is 2. The molecule has 2 N–H and O–H groups in total. The fourth-order valence-electron chi connectivity index (χ4n) is 3.05. The Morgan fingerprint density at radius 2 is 1.97 bits per heavy atom.